The van der Waals surface area contributed by atoms with Crippen molar-refractivity contribution >= 4 is 87.8 Å². The zero-order valence-corrected chi connectivity index (χ0v) is 34.4. The van der Waals surface area contributed by atoms with Crippen molar-refractivity contribution in [1.82, 2.24) is 24.1 Å². The van der Waals surface area contributed by atoms with Gasteiger partial charge in [0.05, 0.1) is 33.5 Å². The molecule has 7 nitrogen and oxygen atoms in total. The van der Waals surface area contributed by atoms with Crippen molar-refractivity contribution in [1.29, 1.82) is 0 Å². The number of para-hydroxylation sites is 5. The molecule has 300 valence electrons. The van der Waals surface area contributed by atoms with Crippen LogP contribution < -0.4 is 0 Å². The number of rotatable bonds is 5. The van der Waals surface area contributed by atoms with Gasteiger partial charge in [-0.15, -0.1) is 0 Å². The van der Waals surface area contributed by atoms with Crippen molar-refractivity contribution in [2.45, 2.75) is 12.8 Å². The SMILES string of the molecule is c1ccc(-c2nc(C3=C(n4c5ccccc5c5ccccc54)c4oc5c(-n6c7ccccc7c7ccc8c9ccccc9oc8c76)cccc5c4CC3)nc(-c3ccccc3)n2)cc1. The highest BCUT2D eigenvalue weighted by atomic mass is 16.3. The monoisotopic (exact) mass is 821 g/mol. The lowest BCUT2D eigenvalue weighted by Gasteiger charge is -2.22. The van der Waals surface area contributed by atoms with Crippen molar-refractivity contribution in [3.63, 3.8) is 0 Å². The minimum atomic E-state index is 0.625. The Balaban J connectivity index is 1.10. The topological polar surface area (TPSA) is 74.8 Å². The number of nitrogens with zero attached hydrogens (tertiary/aromatic N) is 5. The first-order chi connectivity index (χ1) is 31.8. The van der Waals surface area contributed by atoms with Crippen molar-refractivity contribution in [2.75, 3.05) is 0 Å². The van der Waals surface area contributed by atoms with Gasteiger partial charge in [0.15, 0.2) is 34.4 Å². The molecule has 14 rings (SSSR count). The first-order valence-electron chi connectivity index (χ1n) is 21.7. The molecule has 0 saturated heterocycles. The van der Waals surface area contributed by atoms with Crippen LogP contribution in [0.2, 0.25) is 0 Å². The minimum absolute atomic E-state index is 0.625. The lowest BCUT2D eigenvalue weighted by atomic mass is 9.91. The summed E-state index contributed by atoms with van der Waals surface area (Å²) in [7, 11) is 0. The zero-order chi connectivity index (χ0) is 41.9. The Morgan fingerprint density at radius 2 is 0.906 bits per heavy atom. The van der Waals surface area contributed by atoms with Crippen LogP contribution in [-0.2, 0) is 6.42 Å². The van der Waals surface area contributed by atoms with E-state index in [4.69, 9.17) is 23.8 Å². The third kappa shape index (κ3) is 5.00. The van der Waals surface area contributed by atoms with Gasteiger partial charge >= 0.3 is 0 Å². The van der Waals surface area contributed by atoms with Crippen LogP contribution in [0.15, 0.2) is 197 Å². The molecule has 5 heterocycles. The Morgan fingerprint density at radius 1 is 0.375 bits per heavy atom. The van der Waals surface area contributed by atoms with Crippen LogP contribution in [-0.4, -0.2) is 24.1 Å². The van der Waals surface area contributed by atoms with Crippen molar-refractivity contribution in [3.8, 4) is 28.5 Å². The molecule has 0 radical (unpaired) electrons. The summed E-state index contributed by atoms with van der Waals surface area (Å²) in [5, 5.41) is 7.88. The normalized spacial score (nSPS) is 13.1. The van der Waals surface area contributed by atoms with Gasteiger partial charge in [0.2, 0.25) is 0 Å². The quantitative estimate of drug-likeness (QED) is 0.173. The largest absolute Gasteiger partial charge is 0.454 e. The standard InChI is InChI=1S/C57H35N5O2/c1-3-16-34(17-4-1)55-58-56(35-18-5-2-6-19-35)60-57(59-55)44-33-32-43-41-24-15-28-48(52(41)64-54(43)51(44)61-45-25-11-7-20-36(45)37-21-8-12-26-46(37)61)62-47-27-13-9-22-38(47)40-30-31-42-39-23-10-14-29-49(39)63-53(42)50(40)62/h1-31H,32-33H2. The molecule has 0 bridgehead atoms. The molecule has 7 heteroatoms. The number of benzene rings is 8. The summed E-state index contributed by atoms with van der Waals surface area (Å²) < 4.78 is 19.0. The van der Waals surface area contributed by atoms with E-state index < -0.39 is 0 Å². The second-order valence-corrected chi connectivity index (χ2v) is 16.6. The second-order valence-electron chi connectivity index (χ2n) is 16.6. The van der Waals surface area contributed by atoms with Gasteiger partial charge in [-0.25, -0.2) is 15.0 Å². The van der Waals surface area contributed by atoms with Gasteiger partial charge < -0.3 is 18.0 Å². The lowest BCUT2D eigenvalue weighted by molar-refractivity contribution is 0.585. The number of allylic oxidation sites excluding steroid dienone is 1. The first kappa shape index (κ1) is 35.1. The van der Waals surface area contributed by atoms with Crippen molar-refractivity contribution < 1.29 is 8.83 Å². The van der Waals surface area contributed by atoms with E-state index in [2.05, 4.69) is 149 Å². The van der Waals surface area contributed by atoms with Gasteiger partial charge in [-0.1, -0.05) is 152 Å². The van der Waals surface area contributed by atoms with Gasteiger partial charge in [0.25, 0.3) is 0 Å². The zero-order valence-electron chi connectivity index (χ0n) is 34.4. The van der Waals surface area contributed by atoms with Crippen LogP contribution in [0.5, 0.6) is 0 Å². The molecule has 0 aliphatic heterocycles. The highest BCUT2D eigenvalue weighted by Crippen LogP contribution is 2.48. The molecule has 0 N–H and O–H groups in total. The summed E-state index contributed by atoms with van der Waals surface area (Å²) in [4.78, 5) is 15.7. The maximum absolute atomic E-state index is 7.53. The average molecular weight is 822 g/mol. The lowest BCUT2D eigenvalue weighted by Crippen LogP contribution is -2.12. The molecule has 1 aliphatic rings. The van der Waals surface area contributed by atoms with Crippen molar-refractivity contribution in [3.05, 3.63) is 205 Å². The fraction of sp³-hybridized carbons (Fsp3) is 0.0351. The van der Waals surface area contributed by atoms with E-state index >= 15 is 0 Å². The van der Waals surface area contributed by atoms with E-state index in [1.165, 1.54) is 10.8 Å². The number of furan rings is 2. The summed E-state index contributed by atoms with van der Waals surface area (Å²) in [5.74, 6) is 2.69. The highest BCUT2D eigenvalue weighted by molar-refractivity contribution is 6.22. The fourth-order valence-corrected chi connectivity index (χ4v) is 10.3. The van der Waals surface area contributed by atoms with Crippen LogP contribution in [0, 0.1) is 0 Å². The number of hydrogen-bond donors (Lipinski definition) is 0. The molecule has 8 aromatic carbocycles. The minimum Gasteiger partial charge on any atom is -0.454 e. The maximum atomic E-state index is 7.53. The molecule has 64 heavy (non-hydrogen) atoms. The Hall–Kier alpha value is -8.55. The van der Waals surface area contributed by atoms with Crippen molar-refractivity contribution in [2.24, 2.45) is 0 Å². The van der Waals surface area contributed by atoms with Crippen LogP contribution in [0.4, 0.5) is 0 Å². The van der Waals surface area contributed by atoms with Gasteiger partial charge in [0, 0.05) is 60.0 Å². The predicted molar refractivity (Wildman–Crippen MR) is 259 cm³/mol. The third-order valence-corrected chi connectivity index (χ3v) is 13.1. The number of fused-ring (bicyclic) bond motifs is 13. The summed E-state index contributed by atoms with van der Waals surface area (Å²) in [6.45, 7) is 0. The predicted octanol–water partition coefficient (Wildman–Crippen LogP) is 14.4. The molecule has 13 aromatic rings. The van der Waals surface area contributed by atoms with Crippen LogP contribution >= 0.6 is 0 Å². The summed E-state index contributed by atoms with van der Waals surface area (Å²) >= 11 is 0. The van der Waals surface area contributed by atoms with E-state index in [1.807, 2.05) is 48.5 Å². The molecule has 5 aromatic heterocycles. The molecule has 0 unspecified atom stereocenters. The molecule has 1 aliphatic carbocycles. The van der Waals surface area contributed by atoms with Gasteiger partial charge in [-0.3, -0.25) is 0 Å². The molecule has 0 saturated carbocycles. The smallest absolute Gasteiger partial charge is 0.164 e. The van der Waals surface area contributed by atoms with E-state index in [9.17, 15) is 0 Å². The molecular weight excluding hydrogens is 787 g/mol. The number of aromatic nitrogens is 5. The molecule has 0 atom stereocenters. The van der Waals surface area contributed by atoms with Crippen LogP contribution in [0.1, 0.15) is 23.6 Å². The molecule has 0 spiro atoms. The van der Waals surface area contributed by atoms with E-state index in [0.29, 0.717) is 23.9 Å². The van der Waals surface area contributed by atoms with E-state index in [-0.39, 0.29) is 0 Å². The Labute approximate surface area is 365 Å². The molecular formula is C57H35N5O2. The third-order valence-electron chi connectivity index (χ3n) is 13.1. The summed E-state index contributed by atoms with van der Waals surface area (Å²) in [5.41, 5.74) is 12.7. The molecule has 0 fully saturated rings. The molecule has 0 amide bonds. The summed E-state index contributed by atoms with van der Waals surface area (Å²) in [6.07, 6.45) is 1.42. The van der Waals surface area contributed by atoms with Gasteiger partial charge in [-0.05, 0) is 49.2 Å². The Morgan fingerprint density at radius 3 is 1.58 bits per heavy atom. The second kappa shape index (κ2) is 13.5. The Bertz CT molecular complexity index is 3960. The van der Waals surface area contributed by atoms with Gasteiger partial charge in [0.1, 0.15) is 5.58 Å². The maximum Gasteiger partial charge on any atom is 0.164 e. The average Bonchev–Trinajstić information content (AvgIpc) is 4.12. The van der Waals surface area contributed by atoms with Gasteiger partial charge in [-0.2, -0.15) is 0 Å². The Kier molecular flexibility index (Phi) is 7.39. The highest BCUT2D eigenvalue weighted by Gasteiger charge is 2.33. The summed E-state index contributed by atoms with van der Waals surface area (Å²) in [6, 6.07) is 65.6. The van der Waals surface area contributed by atoms with E-state index in [1.54, 1.807) is 0 Å². The van der Waals surface area contributed by atoms with Crippen LogP contribution in [0.3, 0.4) is 0 Å². The number of aryl methyl sites for hydroxylation is 1. The van der Waals surface area contributed by atoms with E-state index in [0.717, 1.165) is 112 Å². The van der Waals surface area contributed by atoms with Crippen LogP contribution in [0.25, 0.3) is 116 Å². The number of hydrogen-bond acceptors (Lipinski definition) is 5. The fourth-order valence-electron chi connectivity index (χ4n) is 10.3. The first-order valence-corrected chi connectivity index (χ1v) is 21.7.